The molecule has 2 rings (SSSR count). The fourth-order valence-electron chi connectivity index (χ4n) is 2.45. The van der Waals surface area contributed by atoms with Gasteiger partial charge in [0.25, 0.3) is 0 Å². The van der Waals surface area contributed by atoms with E-state index in [4.69, 9.17) is 18.0 Å². The predicted octanol–water partition coefficient (Wildman–Crippen LogP) is 2.10. The van der Waals surface area contributed by atoms with Crippen LogP contribution in [-0.2, 0) is 0 Å². The molecule has 0 bridgehead atoms. The van der Waals surface area contributed by atoms with Crippen LogP contribution in [-0.4, -0.2) is 14.8 Å². The Labute approximate surface area is 123 Å². The largest absolute Gasteiger partial charge is 0.388 e. The van der Waals surface area contributed by atoms with Gasteiger partial charge in [-0.3, -0.25) is 4.79 Å². The van der Waals surface area contributed by atoms with Gasteiger partial charge in [0.05, 0.1) is 5.69 Å². The predicted molar refractivity (Wildman–Crippen MR) is 84.7 cm³/mol. The highest BCUT2D eigenvalue weighted by Crippen LogP contribution is 2.21. The first-order valence-electron chi connectivity index (χ1n) is 6.30. The highest BCUT2D eigenvalue weighted by Gasteiger charge is 2.13. The minimum absolute atomic E-state index is 0.0196. The Morgan fingerprint density at radius 3 is 2.20 bits per heavy atom. The van der Waals surface area contributed by atoms with Gasteiger partial charge in [0.15, 0.2) is 5.69 Å². The molecule has 104 valence electrons. The van der Waals surface area contributed by atoms with Crippen molar-refractivity contribution in [1.82, 2.24) is 9.78 Å². The summed E-state index contributed by atoms with van der Waals surface area (Å²) in [4.78, 5) is 11.9. The number of rotatable bonds is 2. The molecule has 1 aromatic heterocycles. The summed E-state index contributed by atoms with van der Waals surface area (Å²) in [5.74, 6) is 0. The van der Waals surface area contributed by atoms with Crippen LogP contribution in [0.1, 0.15) is 28.1 Å². The van der Waals surface area contributed by atoms with E-state index in [1.165, 1.54) is 11.6 Å². The van der Waals surface area contributed by atoms with Gasteiger partial charge < -0.3 is 5.73 Å². The highest BCUT2D eigenvalue weighted by molar-refractivity contribution is 7.80. The van der Waals surface area contributed by atoms with E-state index in [1.807, 2.05) is 20.8 Å². The molecule has 20 heavy (non-hydrogen) atoms. The lowest BCUT2D eigenvalue weighted by atomic mass is 10.0. The molecule has 2 N–H and O–H groups in total. The molecule has 0 fully saturated rings. The molecule has 4 nitrogen and oxygen atoms in total. The van der Waals surface area contributed by atoms with E-state index in [0.29, 0.717) is 0 Å². The summed E-state index contributed by atoms with van der Waals surface area (Å²) in [7, 11) is 0. The van der Waals surface area contributed by atoms with E-state index in [0.717, 1.165) is 22.5 Å². The number of thiocarbonyl (C=S) groups is 1. The monoisotopic (exact) mass is 287 g/mol. The van der Waals surface area contributed by atoms with Crippen LogP contribution in [0.2, 0.25) is 0 Å². The Balaban J connectivity index is 2.80. The quantitative estimate of drug-likeness (QED) is 0.859. The number of benzene rings is 1. The van der Waals surface area contributed by atoms with Gasteiger partial charge in [-0.05, 0) is 38.8 Å². The average Bonchev–Trinajstić information content (AvgIpc) is 2.29. The molecule has 0 atom stereocenters. The second-order valence-electron chi connectivity index (χ2n) is 5.02. The third-order valence-electron chi connectivity index (χ3n) is 3.19. The van der Waals surface area contributed by atoms with Crippen molar-refractivity contribution in [2.45, 2.75) is 27.7 Å². The first-order chi connectivity index (χ1) is 9.31. The van der Waals surface area contributed by atoms with Gasteiger partial charge in [-0.25, -0.2) is 4.68 Å². The van der Waals surface area contributed by atoms with Crippen LogP contribution in [0, 0.1) is 27.7 Å². The van der Waals surface area contributed by atoms with E-state index in [1.54, 1.807) is 4.68 Å². The molecule has 0 spiro atoms. The molecule has 0 aliphatic rings. The zero-order valence-electron chi connectivity index (χ0n) is 12.0. The number of nitrogens with zero attached hydrogens (tertiary/aromatic N) is 2. The van der Waals surface area contributed by atoms with Crippen molar-refractivity contribution in [1.29, 1.82) is 0 Å². The van der Waals surface area contributed by atoms with Crippen LogP contribution < -0.4 is 11.2 Å². The second kappa shape index (κ2) is 5.17. The molecule has 1 aromatic carbocycles. The van der Waals surface area contributed by atoms with Gasteiger partial charge in [0, 0.05) is 11.8 Å². The normalized spacial score (nSPS) is 10.6. The van der Waals surface area contributed by atoms with Crippen LogP contribution in [0.3, 0.4) is 0 Å². The number of nitrogens with two attached hydrogens (primary N) is 1. The number of aromatic nitrogens is 2. The van der Waals surface area contributed by atoms with Crippen molar-refractivity contribution in [3.63, 3.8) is 0 Å². The van der Waals surface area contributed by atoms with Crippen molar-refractivity contribution < 1.29 is 0 Å². The van der Waals surface area contributed by atoms with Crippen molar-refractivity contribution in [2.75, 3.05) is 0 Å². The summed E-state index contributed by atoms with van der Waals surface area (Å²) in [5, 5.41) is 4.33. The Bertz CT molecular complexity index is 739. The highest BCUT2D eigenvalue weighted by atomic mass is 32.1. The van der Waals surface area contributed by atoms with Crippen molar-refractivity contribution in [2.24, 2.45) is 5.73 Å². The summed E-state index contributed by atoms with van der Waals surface area (Å²) in [5.41, 5.74) is 10.6. The summed E-state index contributed by atoms with van der Waals surface area (Å²) < 4.78 is 1.74. The molecule has 0 unspecified atom stereocenters. The molecule has 0 aliphatic carbocycles. The van der Waals surface area contributed by atoms with Crippen LogP contribution >= 0.6 is 12.2 Å². The summed E-state index contributed by atoms with van der Waals surface area (Å²) in [6.45, 7) is 7.94. The molecule has 5 heteroatoms. The van der Waals surface area contributed by atoms with Crippen molar-refractivity contribution in [3.8, 4) is 5.69 Å². The maximum atomic E-state index is 11.8. The van der Waals surface area contributed by atoms with Crippen LogP contribution in [0.15, 0.2) is 23.0 Å². The minimum atomic E-state index is -0.242. The number of aryl methyl sites for hydroxylation is 4. The number of hydrogen-bond donors (Lipinski definition) is 1. The Morgan fingerprint density at radius 1 is 1.15 bits per heavy atom. The molecule has 0 aliphatic heterocycles. The molecular weight excluding hydrogens is 270 g/mol. The van der Waals surface area contributed by atoms with Gasteiger partial charge in [0.2, 0.25) is 5.43 Å². The molecular formula is C15H17N3OS. The summed E-state index contributed by atoms with van der Waals surface area (Å²) in [6.07, 6.45) is 0. The second-order valence-corrected chi connectivity index (χ2v) is 5.46. The topological polar surface area (TPSA) is 60.9 Å². The van der Waals surface area contributed by atoms with E-state index < -0.39 is 0 Å². The first-order valence-corrected chi connectivity index (χ1v) is 6.71. The number of hydrogen-bond acceptors (Lipinski definition) is 3. The first kappa shape index (κ1) is 14.4. The van der Waals surface area contributed by atoms with E-state index >= 15 is 0 Å². The maximum absolute atomic E-state index is 11.8. The van der Waals surface area contributed by atoms with Gasteiger partial charge in [0.1, 0.15) is 4.99 Å². The minimum Gasteiger partial charge on any atom is -0.388 e. The standard InChI is InChI=1S/C15H17N3OS/c1-8-5-9(2)14(10(3)6-8)18-11(4)7-12(19)13(17-18)15(16)20/h5-7H,1-4H3,(H2,16,20). The van der Waals surface area contributed by atoms with Gasteiger partial charge in [-0.1, -0.05) is 29.9 Å². The third kappa shape index (κ3) is 2.49. The Hall–Kier alpha value is -2.01. The van der Waals surface area contributed by atoms with Crippen molar-refractivity contribution in [3.05, 3.63) is 56.5 Å². The lowest BCUT2D eigenvalue weighted by Gasteiger charge is -2.16. The zero-order valence-corrected chi connectivity index (χ0v) is 12.8. The average molecular weight is 287 g/mol. The maximum Gasteiger partial charge on any atom is 0.210 e. The lowest BCUT2D eigenvalue weighted by Crippen LogP contribution is -2.26. The fraction of sp³-hybridized carbons (Fsp3) is 0.267. The summed E-state index contributed by atoms with van der Waals surface area (Å²) >= 11 is 4.89. The van der Waals surface area contributed by atoms with Crippen LogP contribution in [0.5, 0.6) is 0 Å². The van der Waals surface area contributed by atoms with E-state index in [9.17, 15) is 4.79 Å². The van der Waals surface area contributed by atoms with Gasteiger partial charge >= 0.3 is 0 Å². The fourth-order valence-corrected chi connectivity index (χ4v) is 2.59. The third-order valence-corrected chi connectivity index (χ3v) is 3.38. The summed E-state index contributed by atoms with van der Waals surface area (Å²) in [6, 6.07) is 5.68. The van der Waals surface area contributed by atoms with Crippen LogP contribution in [0.4, 0.5) is 0 Å². The van der Waals surface area contributed by atoms with Gasteiger partial charge in [-0.15, -0.1) is 0 Å². The van der Waals surface area contributed by atoms with E-state index in [2.05, 4.69) is 24.2 Å². The molecule has 1 heterocycles. The SMILES string of the molecule is Cc1cc(C)c(-n2nc(C(N)=S)c(=O)cc2C)c(C)c1. The van der Waals surface area contributed by atoms with Crippen LogP contribution in [0.25, 0.3) is 5.69 Å². The molecule has 0 saturated heterocycles. The zero-order chi connectivity index (χ0) is 15.0. The Morgan fingerprint density at radius 2 is 1.70 bits per heavy atom. The molecule has 0 amide bonds. The molecule has 2 aromatic rings. The molecule has 0 saturated carbocycles. The van der Waals surface area contributed by atoms with E-state index in [-0.39, 0.29) is 16.1 Å². The lowest BCUT2D eigenvalue weighted by molar-refractivity contribution is 0.783. The van der Waals surface area contributed by atoms with Crippen molar-refractivity contribution >= 4 is 17.2 Å². The smallest absolute Gasteiger partial charge is 0.210 e. The molecule has 0 radical (unpaired) electrons. The Kier molecular flexibility index (Phi) is 3.72. The van der Waals surface area contributed by atoms with Gasteiger partial charge in [-0.2, -0.15) is 5.10 Å².